The monoisotopic (exact) mass is 398 g/mol. The van der Waals surface area contributed by atoms with Gasteiger partial charge in [-0.15, -0.1) is 0 Å². The van der Waals surface area contributed by atoms with Gasteiger partial charge in [-0.2, -0.15) is 0 Å². The Balaban J connectivity index is 1.47. The highest BCUT2D eigenvalue weighted by molar-refractivity contribution is 6.30. The summed E-state index contributed by atoms with van der Waals surface area (Å²) in [5, 5.41) is 0.724. The molecule has 2 aromatic rings. The van der Waals surface area contributed by atoms with E-state index in [1.165, 1.54) is 5.56 Å². The molecule has 2 aliphatic heterocycles. The molecule has 5 heteroatoms. The molecule has 2 fully saturated rings. The average molecular weight is 399 g/mol. The summed E-state index contributed by atoms with van der Waals surface area (Å²) in [6.45, 7) is 0.395. The normalized spacial score (nSPS) is 26.9. The molecule has 0 amide bonds. The molecule has 2 N–H and O–H groups in total. The van der Waals surface area contributed by atoms with E-state index in [1.54, 1.807) is 0 Å². The predicted molar refractivity (Wildman–Crippen MR) is 112 cm³/mol. The number of fused-ring (bicyclic) bond motifs is 2. The summed E-state index contributed by atoms with van der Waals surface area (Å²) < 4.78 is 5.77. The molecule has 148 valence electrons. The van der Waals surface area contributed by atoms with Gasteiger partial charge >= 0.3 is 5.97 Å². The molecule has 4 nitrogen and oxygen atoms in total. The van der Waals surface area contributed by atoms with Crippen LogP contribution in [0.2, 0.25) is 5.02 Å². The van der Waals surface area contributed by atoms with Gasteiger partial charge in [-0.1, -0.05) is 35.9 Å². The number of halogens is 1. The standard InChI is InChI=1S/C23H27ClN2O2/c1-26-19-10-11-21(26)22(20(14-19)16-4-6-17(24)7-5-16)23(27)28-13-12-15-2-8-18(25)9-3-15/h2-9,19-22H,10-14,25H2,1H3/t19?,20-,21?,22+/m1/s1. The number of ether oxygens (including phenoxy) is 1. The molecule has 0 aliphatic carbocycles. The molecule has 4 atom stereocenters. The third kappa shape index (κ3) is 3.89. The third-order valence-electron chi connectivity index (χ3n) is 6.45. The van der Waals surface area contributed by atoms with E-state index in [9.17, 15) is 4.79 Å². The minimum atomic E-state index is -0.128. The van der Waals surface area contributed by atoms with Crippen LogP contribution in [-0.2, 0) is 16.0 Å². The highest BCUT2D eigenvalue weighted by Crippen LogP contribution is 2.46. The van der Waals surface area contributed by atoms with E-state index in [4.69, 9.17) is 22.1 Å². The molecule has 0 radical (unpaired) electrons. The van der Waals surface area contributed by atoms with Crippen molar-refractivity contribution in [3.05, 3.63) is 64.7 Å². The molecule has 2 aromatic carbocycles. The molecule has 4 rings (SSSR count). The first-order valence-electron chi connectivity index (χ1n) is 10.0. The molecule has 2 heterocycles. The number of hydrogen-bond donors (Lipinski definition) is 1. The van der Waals surface area contributed by atoms with E-state index in [0.717, 1.165) is 35.5 Å². The largest absolute Gasteiger partial charge is 0.465 e. The number of rotatable bonds is 5. The van der Waals surface area contributed by atoms with Crippen LogP contribution < -0.4 is 5.73 Å². The second-order valence-electron chi connectivity index (χ2n) is 8.04. The van der Waals surface area contributed by atoms with Gasteiger partial charge in [0.25, 0.3) is 0 Å². The lowest BCUT2D eigenvalue weighted by molar-refractivity contribution is -0.153. The number of piperidine rings is 1. The van der Waals surface area contributed by atoms with Gasteiger partial charge in [-0.25, -0.2) is 0 Å². The SMILES string of the molecule is CN1C2CCC1[C@@H](C(=O)OCCc1ccc(N)cc1)[C@@H](c1ccc(Cl)cc1)C2. The molecular weight excluding hydrogens is 372 g/mol. The van der Waals surface area contributed by atoms with E-state index >= 15 is 0 Å². The number of nitrogen functional groups attached to an aromatic ring is 1. The van der Waals surface area contributed by atoms with Crippen LogP contribution in [0.25, 0.3) is 0 Å². The Hall–Kier alpha value is -2.04. The quantitative estimate of drug-likeness (QED) is 0.603. The summed E-state index contributed by atoms with van der Waals surface area (Å²) in [7, 11) is 2.15. The molecule has 2 saturated heterocycles. The fraction of sp³-hybridized carbons (Fsp3) is 0.435. The number of benzene rings is 2. The molecular formula is C23H27ClN2O2. The maximum atomic E-state index is 13.1. The minimum absolute atomic E-state index is 0.0763. The van der Waals surface area contributed by atoms with Crippen LogP contribution in [0.1, 0.15) is 36.3 Å². The van der Waals surface area contributed by atoms with E-state index in [2.05, 4.69) is 24.1 Å². The van der Waals surface area contributed by atoms with Gasteiger partial charge < -0.3 is 10.5 Å². The molecule has 28 heavy (non-hydrogen) atoms. The van der Waals surface area contributed by atoms with E-state index in [1.807, 2.05) is 36.4 Å². The van der Waals surface area contributed by atoms with Crippen LogP contribution in [0.15, 0.2) is 48.5 Å². The van der Waals surface area contributed by atoms with E-state index < -0.39 is 0 Å². The summed E-state index contributed by atoms with van der Waals surface area (Å²) in [4.78, 5) is 15.5. The number of nitrogens with zero attached hydrogens (tertiary/aromatic N) is 1. The number of nitrogens with two attached hydrogens (primary N) is 1. The lowest BCUT2D eigenvalue weighted by atomic mass is 9.76. The number of hydrogen-bond acceptors (Lipinski definition) is 4. The Bertz CT molecular complexity index is 822. The van der Waals surface area contributed by atoms with Crippen LogP contribution in [-0.4, -0.2) is 36.6 Å². The second kappa shape index (κ2) is 8.14. The lowest BCUT2D eigenvalue weighted by Crippen LogP contribution is -2.49. The van der Waals surface area contributed by atoms with Crippen molar-refractivity contribution in [2.75, 3.05) is 19.4 Å². The Labute approximate surface area is 171 Å². The zero-order valence-corrected chi connectivity index (χ0v) is 16.9. The molecule has 0 aromatic heterocycles. The van der Waals surface area contributed by atoms with Crippen molar-refractivity contribution < 1.29 is 9.53 Å². The first-order valence-corrected chi connectivity index (χ1v) is 10.4. The summed E-state index contributed by atoms with van der Waals surface area (Å²) in [5.41, 5.74) is 8.79. The van der Waals surface area contributed by atoms with Crippen LogP contribution in [0, 0.1) is 5.92 Å². The molecule has 0 saturated carbocycles. The Morgan fingerprint density at radius 2 is 1.86 bits per heavy atom. The van der Waals surface area contributed by atoms with Crippen molar-refractivity contribution in [2.24, 2.45) is 5.92 Å². The van der Waals surface area contributed by atoms with Crippen molar-refractivity contribution in [1.29, 1.82) is 0 Å². The smallest absolute Gasteiger partial charge is 0.311 e. The first kappa shape index (κ1) is 19.3. The zero-order valence-electron chi connectivity index (χ0n) is 16.2. The summed E-state index contributed by atoms with van der Waals surface area (Å²) in [6.07, 6.45) is 3.91. The van der Waals surface area contributed by atoms with Gasteiger partial charge in [0.05, 0.1) is 12.5 Å². The minimum Gasteiger partial charge on any atom is -0.465 e. The zero-order chi connectivity index (χ0) is 19.7. The molecule has 2 bridgehead atoms. The lowest BCUT2D eigenvalue weighted by Gasteiger charge is -2.42. The van der Waals surface area contributed by atoms with Crippen LogP contribution in [0.3, 0.4) is 0 Å². The van der Waals surface area contributed by atoms with E-state index in [-0.39, 0.29) is 23.8 Å². The first-order chi connectivity index (χ1) is 13.5. The van der Waals surface area contributed by atoms with Crippen molar-refractivity contribution in [2.45, 2.75) is 43.7 Å². The number of anilines is 1. The Morgan fingerprint density at radius 3 is 2.57 bits per heavy atom. The highest BCUT2D eigenvalue weighted by atomic mass is 35.5. The van der Waals surface area contributed by atoms with Gasteiger partial charge in [0, 0.05) is 35.1 Å². The second-order valence-corrected chi connectivity index (χ2v) is 8.48. The van der Waals surface area contributed by atoms with E-state index in [0.29, 0.717) is 19.1 Å². The fourth-order valence-corrected chi connectivity index (χ4v) is 5.02. The van der Waals surface area contributed by atoms with Crippen LogP contribution >= 0.6 is 11.6 Å². The van der Waals surface area contributed by atoms with Gasteiger partial charge in [0.15, 0.2) is 0 Å². The van der Waals surface area contributed by atoms with Gasteiger partial charge in [0.1, 0.15) is 0 Å². The van der Waals surface area contributed by atoms with Crippen molar-refractivity contribution >= 4 is 23.3 Å². The Kier molecular flexibility index (Phi) is 5.61. The fourth-order valence-electron chi connectivity index (χ4n) is 4.89. The highest BCUT2D eigenvalue weighted by Gasteiger charge is 2.49. The summed E-state index contributed by atoms with van der Waals surface area (Å²) >= 11 is 6.07. The Morgan fingerprint density at radius 1 is 1.14 bits per heavy atom. The average Bonchev–Trinajstić information content (AvgIpc) is 2.92. The van der Waals surface area contributed by atoms with Crippen molar-refractivity contribution in [3.8, 4) is 0 Å². The molecule has 0 spiro atoms. The van der Waals surface area contributed by atoms with Crippen molar-refractivity contribution in [3.63, 3.8) is 0 Å². The number of carbonyl (C=O) groups is 1. The van der Waals surface area contributed by atoms with Gasteiger partial charge in [-0.3, -0.25) is 9.69 Å². The third-order valence-corrected chi connectivity index (χ3v) is 6.71. The number of carbonyl (C=O) groups excluding carboxylic acids is 1. The predicted octanol–water partition coefficient (Wildman–Crippen LogP) is 4.27. The maximum Gasteiger partial charge on any atom is 0.311 e. The van der Waals surface area contributed by atoms with Gasteiger partial charge in [-0.05, 0) is 61.7 Å². The van der Waals surface area contributed by atoms with Crippen molar-refractivity contribution in [1.82, 2.24) is 4.90 Å². The molecule has 2 unspecified atom stereocenters. The van der Waals surface area contributed by atoms with Crippen LogP contribution in [0.5, 0.6) is 0 Å². The number of esters is 1. The van der Waals surface area contributed by atoms with Crippen LogP contribution in [0.4, 0.5) is 5.69 Å². The summed E-state index contributed by atoms with van der Waals surface area (Å²) in [5.74, 6) is -0.0149. The molecule has 2 aliphatic rings. The summed E-state index contributed by atoms with van der Waals surface area (Å²) in [6, 6.07) is 16.5. The van der Waals surface area contributed by atoms with Gasteiger partial charge in [0.2, 0.25) is 0 Å². The topological polar surface area (TPSA) is 55.6 Å². The maximum absolute atomic E-state index is 13.1.